The van der Waals surface area contributed by atoms with Crippen LogP contribution in [-0.4, -0.2) is 14.2 Å². The van der Waals surface area contributed by atoms with E-state index in [1.165, 1.54) is 5.56 Å². The lowest BCUT2D eigenvalue weighted by Gasteiger charge is -2.21. The van der Waals surface area contributed by atoms with Gasteiger partial charge in [-0.1, -0.05) is 39.0 Å². The molecule has 0 aliphatic heterocycles. The summed E-state index contributed by atoms with van der Waals surface area (Å²) >= 11 is 0. The van der Waals surface area contributed by atoms with Gasteiger partial charge in [-0.15, -0.1) is 0 Å². The second kappa shape index (κ2) is 5.58. The van der Waals surface area contributed by atoms with Crippen molar-refractivity contribution in [2.24, 2.45) is 0 Å². The number of hydrogen-bond donors (Lipinski definition) is 0. The number of benzene rings is 2. The highest BCUT2D eigenvalue weighted by molar-refractivity contribution is 5.72. The Labute approximate surface area is 121 Å². The average molecular weight is 270 g/mol. The molecule has 0 aromatic heterocycles. The summed E-state index contributed by atoms with van der Waals surface area (Å²) in [6, 6.07) is 14.4. The largest absolute Gasteiger partial charge is 0.497 e. The molecule has 0 heterocycles. The van der Waals surface area contributed by atoms with Crippen LogP contribution in [0.4, 0.5) is 0 Å². The van der Waals surface area contributed by atoms with E-state index in [9.17, 15) is 0 Å². The van der Waals surface area contributed by atoms with E-state index in [1.54, 1.807) is 14.2 Å². The first-order chi connectivity index (χ1) is 9.45. The molecule has 2 aromatic carbocycles. The van der Waals surface area contributed by atoms with Gasteiger partial charge in [0, 0.05) is 5.56 Å². The van der Waals surface area contributed by atoms with Crippen LogP contribution in [0.15, 0.2) is 42.5 Å². The van der Waals surface area contributed by atoms with Crippen molar-refractivity contribution in [3.05, 3.63) is 48.0 Å². The van der Waals surface area contributed by atoms with Gasteiger partial charge in [0.15, 0.2) is 0 Å². The maximum absolute atomic E-state index is 5.50. The van der Waals surface area contributed by atoms with E-state index < -0.39 is 0 Å². The molecule has 0 amide bonds. The maximum atomic E-state index is 5.50. The van der Waals surface area contributed by atoms with Gasteiger partial charge in [0.05, 0.1) is 14.2 Å². The zero-order valence-electron chi connectivity index (χ0n) is 12.9. The van der Waals surface area contributed by atoms with E-state index >= 15 is 0 Å². The molecule has 2 aromatic rings. The molecule has 0 N–H and O–H groups in total. The molecule has 0 unspecified atom stereocenters. The summed E-state index contributed by atoms with van der Waals surface area (Å²) in [6.07, 6.45) is 0. The molecule has 2 heteroatoms. The van der Waals surface area contributed by atoms with E-state index in [-0.39, 0.29) is 5.41 Å². The van der Waals surface area contributed by atoms with Gasteiger partial charge in [-0.25, -0.2) is 0 Å². The fourth-order valence-corrected chi connectivity index (χ4v) is 2.19. The molecular weight excluding hydrogens is 248 g/mol. The van der Waals surface area contributed by atoms with E-state index in [2.05, 4.69) is 39.0 Å². The van der Waals surface area contributed by atoms with Crippen LogP contribution in [0.5, 0.6) is 11.5 Å². The van der Waals surface area contributed by atoms with Crippen LogP contribution >= 0.6 is 0 Å². The summed E-state index contributed by atoms with van der Waals surface area (Å²) in [5.74, 6) is 1.73. The van der Waals surface area contributed by atoms with Crippen molar-refractivity contribution in [3.8, 4) is 22.6 Å². The highest BCUT2D eigenvalue weighted by atomic mass is 16.5. The number of rotatable bonds is 3. The predicted molar refractivity (Wildman–Crippen MR) is 83.7 cm³/mol. The van der Waals surface area contributed by atoms with Gasteiger partial charge in [0.2, 0.25) is 0 Å². The van der Waals surface area contributed by atoms with E-state index in [0.717, 1.165) is 22.6 Å². The van der Waals surface area contributed by atoms with Crippen molar-refractivity contribution >= 4 is 0 Å². The summed E-state index contributed by atoms with van der Waals surface area (Å²) < 4.78 is 10.8. The number of ether oxygens (including phenoxy) is 2. The van der Waals surface area contributed by atoms with E-state index in [1.807, 2.05) is 24.3 Å². The van der Waals surface area contributed by atoms with Crippen LogP contribution in [-0.2, 0) is 5.41 Å². The minimum absolute atomic E-state index is 0.111. The Bertz CT molecular complexity index is 595. The summed E-state index contributed by atoms with van der Waals surface area (Å²) in [5, 5.41) is 0. The van der Waals surface area contributed by atoms with Crippen molar-refractivity contribution in [2.75, 3.05) is 14.2 Å². The second-order valence-corrected chi connectivity index (χ2v) is 5.90. The summed E-state index contributed by atoms with van der Waals surface area (Å²) in [6.45, 7) is 6.64. The Hall–Kier alpha value is -1.96. The van der Waals surface area contributed by atoms with E-state index in [4.69, 9.17) is 9.47 Å². The topological polar surface area (TPSA) is 18.5 Å². The smallest absolute Gasteiger partial charge is 0.126 e. The SMILES string of the molecule is COc1cccc(-c2cc(C(C)(C)C)ccc2OC)c1. The summed E-state index contributed by atoms with van der Waals surface area (Å²) in [5.41, 5.74) is 3.60. The van der Waals surface area contributed by atoms with Crippen LogP contribution in [0.1, 0.15) is 26.3 Å². The third-order valence-corrected chi connectivity index (χ3v) is 3.45. The maximum Gasteiger partial charge on any atom is 0.126 e. The Morgan fingerprint density at radius 1 is 0.850 bits per heavy atom. The average Bonchev–Trinajstić information content (AvgIpc) is 2.45. The molecule has 0 aliphatic rings. The highest BCUT2D eigenvalue weighted by Gasteiger charge is 2.16. The van der Waals surface area contributed by atoms with E-state index in [0.29, 0.717) is 0 Å². The van der Waals surface area contributed by atoms with Gasteiger partial charge in [0.1, 0.15) is 11.5 Å². The number of methoxy groups -OCH3 is 2. The molecule has 106 valence electrons. The quantitative estimate of drug-likeness (QED) is 0.807. The van der Waals surface area contributed by atoms with Gasteiger partial charge in [-0.05, 0) is 40.8 Å². The molecule has 2 rings (SSSR count). The number of hydrogen-bond acceptors (Lipinski definition) is 2. The zero-order valence-corrected chi connectivity index (χ0v) is 12.9. The fraction of sp³-hybridized carbons (Fsp3) is 0.333. The lowest BCUT2D eigenvalue weighted by atomic mass is 9.85. The van der Waals surface area contributed by atoms with Crippen LogP contribution < -0.4 is 9.47 Å². The van der Waals surface area contributed by atoms with Gasteiger partial charge in [0.25, 0.3) is 0 Å². The molecule has 0 bridgehead atoms. The first-order valence-electron chi connectivity index (χ1n) is 6.78. The molecular formula is C18H22O2. The predicted octanol–water partition coefficient (Wildman–Crippen LogP) is 4.67. The second-order valence-electron chi connectivity index (χ2n) is 5.90. The van der Waals surface area contributed by atoms with Gasteiger partial charge >= 0.3 is 0 Å². The highest BCUT2D eigenvalue weighted by Crippen LogP contribution is 2.35. The van der Waals surface area contributed by atoms with Gasteiger partial charge < -0.3 is 9.47 Å². The summed E-state index contributed by atoms with van der Waals surface area (Å²) in [7, 11) is 3.39. The molecule has 0 fully saturated rings. The van der Waals surface area contributed by atoms with Crippen molar-refractivity contribution in [2.45, 2.75) is 26.2 Å². The normalized spacial score (nSPS) is 11.2. The van der Waals surface area contributed by atoms with Crippen molar-refractivity contribution < 1.29 is 9.47 Å². The first-order valence-corrected chi connectivity index (χ1v) is 6.78. The molecule has 20 heavy (non-hydrogen) atoms. The van der Waals surface area contributed by atoms with Gasteiger partial charge in [-0.2, -0.15) is 0 Å². The lowest BCUT2D eigenvalue weighted by molar-refractivity contribution is 0.413. The minimum Gasteiger partial charge on any atom is -0.497 e. The first kappa shape index (κ1) is 14.4. The molecule has 0 atom stereocenters. The third-order valence-electron chi connectivity index (χ3n) is 3.45. The molecule has 0 radical (unpaired) electrons. The summed E-state index contributed by atoms with van der Waals surface area (Å²) in [4.78, 5) is 0. The zero-order chi connectivity index (χ0) is 14.8. The third kappa shape index (κ3) is 2.96. The van der Waals surface area contributed by atoms with Crippen molar-refractivity contribution in [1.82, 2.24) is 0 Å². The molecule has 2 nitrogen and oxygen atoms in total. The monoisotopic (exact) mass is 270 g/mol. The Kier molecular flexibility index (Phi) is 4.03. The van der Waals surface area contributed by atoms with Crippen LogP contribution in [0.25, 0.3) is 11.1 Å². The molecule has 0 saturated carbocycles. The minimum atomic E-state index is 0.111. The van der Waals surface area contributed by atoms with Gasteiger partial charge in [-0.3, -0.25) is 0 Å². The Morgan fingerprint density at radius 2 is 1.60 bits per heavy atom. The van der Waals surface area contributed by atoms with Crippen LogP contribution in [0.2, 0.25) is 0 Å². The van der Waals surface area contributed by atoms with Crippen LogP contribution in [0, 0.1) is 0 Å². The molecule has 0 saturated heterocycles. The Balaban J connectivity index is 2.58. The molecule has 0 spiro atoms. The fourth-order valence-electron chi connectivity index (χ4n) is 2.19. The Morgan fingerprint density at radius 3 is 2.20 bits per heavy atom. The standard InChI is InChI=1S/C18H22O2/c1-18(2,3)14-9-10-17(20-5)16(12-14)13-7-6-8-15(11-13)19-4/h6-12H,1-5H3. The lowest BCUT2D eigenvalue weighted by Crippen LogP contribution is -2.11. The van der Waals surface area contributed by atoms with Crippen LogP contribution in [0.3, 0.4) is 0 Å². The molecule has 0 aliphatic carbocycles. The van der Waals surface area contributed by atoms with Crippen molar-refractivity contribution in [1.29, 1.82) is 0 Å². The van der Waals surface area contributed by atoms with Crippen molar-refractivity contribution in [3.63, 3.8) is 0 Å².